The lowest BCUT2D eigenvalue weighted by molar-refractivity contribution is 0.0840. The lowest BCUT2D eigenvalue weighted by Crippen LogP contribution is -2.46. The molecule has 1 aromatic heterocycles. The Bertz CT molecular complexity index is 694. The van der Waals surface area contributed by atoms with Crippen molar-refractivity contribution >= 4 is 10.9 Å². The highest BCUT2D eigenvalue weighted by molar-refractivity contribution is 5.86. The maximum absolute atomic E-state index is 3.43. The summed E-state index contributed by atoms with van der Waals surface area (Å²) in [5.74, 6) is 1.60. The number of aromatic nitrogens is 1. The van der Waals surface area contributed by atoms with E-state index in [0.29, 0.717) is 12.0 Å². The molecule has 1 N–H and O–H groups in total. The van der Waals surface area contributed by atoms with E-state index in [2.05, 4.69) is 60.1 Å². The quantitative estimate of drug-likeness (QED) is 0.936. The maximum Gasteiger partial charge on any atom is 0.0482 e. The van der Waals surface area contributed by atoms with Crippen LogP contribution >= 0.6 is 0 Å². The summed E-state index contributed by atoms with van der Waals surface area (Å²) < 4.78 is 2.50. The van der Waals surface area contributed by atoms with Gasteiger partial charge in [0.1, 0.15) is 0 Å². The Kier molecular flexibility index (Phi) is 3.94. The fraction of sp³-hybridized carbons (Fsp3) is 0.600. The van der Waals surface area contributed by atoms with Crippen LogP contribution in [0.15, 0.2) is 24.3 Å². The van der Waals surface area contributed by atoms with Crippen LogP contribution in [0.5, 0.6) is 0 Å². The van der Waals surface area contributed by atoms with Crippen LogP contribution < -0.4 is 5.32 Å². The first-order chi connectivity index (χ1) is 11.2. The standard InChI is InChI=1S/C20H29N3/c1-14(21-2)12-17-16-6-4-5-7-19(16)22(3)20(17)18-13-23-10-8-15(18)9-11-23/h4-7,14-15,18,21H,8-13H2,1-3H3. The van der Waals surface area contributed by atoms with Crippen LogP contribution in [0.1, 0.15) is 36.9 Å². The number of para-hydroxylation sites is 1. The minimum atomic E-state index is 0.514. The number of nitrogens with one attached hydrogen (secondary N) is 1. The molecule has 0 aliphatic carbocycles. The number of piperidine rings is 3. The smallest absolute Gasteiger partial charge is 0.0482 e. The van der Waals surface area contributed by atoms with Crippen LogP contribution in [0.2, 0.25) is 0 Å². The second kappa shape index (κ2) is 5.95. The molecular formula is C20H29N3. The summed E-state index contributed by atoms with van der Waals surface area (Å²) in [6, 6.07) is 9.48. The molecule has 0 spiro atoms. The molecule has 124 valence electrons. The number of hydrogen-bond donors (Lipinski definition) is 1. The Morgan fingerprint density at radius 2 is 1.96 bits per heavy atom. The van der Waals surface area contributed by atoms with E-state index in [9.17, 15) is 0 Å². The Morgan fingerprint density at radius 1 is 1.22 bits per heavy atom. The van der Waals surface area contributed by atoms with E-state index < -0.39 is 0 Å². The first-order valence-corrected chi connectivity index (χ1v) is 9.15. The van der Waals surface area contributed by atoms with E-state index in [-0.39, 0.29) is 0 Å². The minimum absolute atomic E-state index is 0.514. The predicted octanol–water partition coefficient (Wildman–Crippen LogP) is 3.14. The van der Waals surface area contributed by atoms with Crippen molar-refractivity contribution in [1.82, 2.24) is 14.8 Å². The van der Waals surface area contributed by atoms with Crippen LogP contribution in [0.4, 0.5) is 0 Å². The number of nitrogens with zero attached hydrogens (tertiary/aromatic N) is 2. The summed E-state index contributed by atoms with van der Waals surface area (Å²) >= 11 is 0. The van der Waals surface area contributed by atoms with Crippen molar-refractivity contribution in [1.29, 1.82) is 0 Å². The highest BCUT2D eigenvalue weighted by Gasteiger charge is 2.38. The average molecular weight is 311 g/mol. The van der Waals surface area contributed by atoms with Crippen LogP contribution in [0, 0.1) is 5.92 Å². The van der Waals surface area contributed by atoms with E-state index in [1.807, 2.05) is 0 Å². The number of aryl methyl sites for hydroxylation is 1. The van der Waals surface area contributed by atoms with Gasteiger partial charge in [-0.1, -0.05) is 18.2 Å². The summed E-state index contributed by atoms with van der Waals surface area (Å²) in [4.78, 5) is 2.67. The van der Waals surface area contributed by atoms with Gasteiger partial charge in [0.15, 0.2) is 0 Å². The van der Waals surface area contributed by atoms with Gasteiger partial charge in [-0.3, -0.25) is 0 Å². The Hall–Kier alpha value is -1.32. The van der Waals surface area contributed by atoms with Crippen molar-refractivity contribution in [3.05, 3.63) is 35.5 Å². The van der Waals surface area contributed by atoms with E-state index in [0.717, 1.165) is 12.3 Å². The van der Waals surface area contributed by atoms with Crippen molar-refractivity contribution in [3.63, 3.8) is 0 Å². The third-order valence-corrected chi connectivity index (χ3v) is 6.27. The third kappa shape index (κ3) is 2.50. The Morgan fingerprint density at radius 3 is 2.61 bits per heavy atom. The van der Waals surface area contributed by atoms with Gasteiger partial charge in [0.05, 0.1) is 0 Å². The number of hydrogen-bond acceptors (Lipinski definition) is 2. The molecule has 3 nitrogen and oxygen atoms in total. The molecule has 3 fully saturated rings. The van der Waals surface area contributed by atoms with Gasteiger partial charge in [0, 0.05) is 42.1 Å². The SMILES string of the molecule is CNC(C)Cc1c(C2CN3CCC2CC3)n(C)c2ccccc12. The summed E-state index contributed by atoms with van der Waals surface area (Å²) in [6.07, 6.45) is 3.89. The molecule has 2 atom stereocenters. The lowest BCUT2D eigenvalue weighted by Gasteiger charge is -2.45. The molecule has 2 bridgehead atoms. The van der Waals surface area contributed by atoms with Crippen LogP contribution in [-0.4, -0.2) is 42.2 Å². The molecule has 2 unspecified atom stereocenters. The second-order valence-electron chi connectivity index (χ2n) is 7.58. The van der Waals surface area contributed by atoms with E-state index in [1.165, 1.54) is 43.4 Å². The van der Waals surface area contributed by atoms with Crippen molar-refractivity contribution in [2.45, 2.75) is 38.1 Å². The normalized spacial score (nSPS) is 28.4. The fourth-order valence-corrected chi connectivity index (χ4v) is 4.86. The molecule has 23 heavy (non-hydrogen) atoms. The fourth-order valence-electron chi connectivity index (χ4n) is 4.86. The van der Waals surface area contributed by atoms with Crippen LogP contribution in [0.25, 0.3) is 10.9 Å². The molecular weight excluding hydrogens is 282 g/mol. The highest BCUT2D eigenvalue weighted by Crippen LogP contribution is 2.42. The topological polar surface area (TPSA) is 20.2 Å². The minimum Gasteiger partial charge on any atom is -0.347 e. The maximum atomic E-state index is 3.43. The number of fused-ring (bicyclic) bond motifs is 4. The van der Waals surface area contributed by atoms with Crippen molar-refractivity contribution in [3.8, 4) is 0 Å². The molecule has 0 radical (unpaired) electrons. The molecule has 3 aliphatic rings. The van der Waals surface area contributed by atoms with Gasteiger partial charge in [0.25, 0.3) is 0 Å². The van der Waals surface area contributed by atoms with Crippen molar-refractivity contribution in [2.24, 2.45) is 13.0 Å². The lowest BCUT2D eigenvalue weighted by atomic mass is 9.76. The van der Waals surface area contributed by atoms with Gasteiger partial charge in [-0.15, -0.1) is 0 Å². The summed E-state index contributed by atoms with van der Waals surface area (Å²) in [5.41, 5.74) is 4.60. The van der Waals surface area contributed by atoms with E-state index in [4.69, 9.17) is 0 Å². The number of likely N-dealkylation sites (N-methyl/N-ethyl adjacent to an activating group) is 1. The molecule has 5 rings (SSSR count). The average Bonchev–Trinajstić information content (AvgIpc) is 2.88. The molecule has 2 aromatic rings. The van der Waals surface area contributed by atoms with Crippen LogP contribution in [-0.2, 0) is 13.5 Å². The number of benzene rings is 1. The largest absolute Gasteiger partial charge is 0.347 e. The zero-order valence-electron chi connectivity index (χ0n) is 14.7. The first kappa shape index (κ1) is 15.2. The van der Waals surface area contributed by atoms with Gasteiger partial charge in [0.2, 0.25) is 0 Å². The molecule has 3 heteroatoms. The molecule has 3 aliphatic heterocycles. The molecule has 0 saturated carbocycles. The first-order valence-electron chi connectivity index (χ1n) is 9.15. The second-order valence-corrected chi connectivity index (χ2v) is 7.58. The summed E-state index contributed by atoms with van der Waals surface area (Å²) in [7, 11) is 4.35. The summed E-state index contributed by atoms with van der Waals surface area (Å²) in [5, 5.41) is 4.89. The number of rotatable bonds is 4. The van der Waals surface area contributed by atoms with E-state index >= 15 is 0 Å². The predicted molar refractivity (Wildman–Crippen MR) is 97.0 cm³/mol. The molecule has 4 heterocycles. The third-order valence-electron chi connectivity index (χ3n) is 6.27. The Labute approximate surface area is 139 Å². The monoisotopic (exact) mass is 311 g/mol. The molecule has 1 aromatic carbocycles. The van der Waals surface area contributed by atoms with Crippen molar-refractivity contribution < 1.29 is 0 Å². The van der Waals surface area contributed by atoms with Crippen molar-refractivity contribution in [2.75, 3.05) is 26.7 Å². The van der Waals surface area contributed by atoms with Gasteiger partial charge in [-0.25, -0.2) is 0 Å². The van der Waals surface area contributed by atoms with Gasteiger partial charge in [-0.05, 0) is 63.9 Å². The molecule has 0 amide bonds. The van der Waals surface area contributed by atoms with Gasteiger partial charge >= 0.3 is 0 Å². The van der Waals surface area contributed by atoms with E-state index in [1.54, 1.807) is 11.3 Å². The Balaban J connectivity index is 1.84. The van der Waals surface area contributed by atoms with Gasteiger partial charge in [-0.2, -0.15) is 0 Å². The zero-order chi connectivity index (χ0) is 16.0. The van der Waals surface area contributed by atoms with Gasteiger partial charge < -0.3 is 14.8 Å². The highest BCUT2D eigenvalue weighted by atomic mass is 15.2. The summed E-state index contributed by atoms with van der Waals surface area (Å²) in [6.45, 7) is 6.18. The van der Waals surface area contributed by atoms with Crippen LogP contribution in [0.3, 0.4) is 0 Å². The molecule has 3 saturated heterocycles. The zero-order valence-corrected chi connectivity index (χ0v) is 14.7.